The molecule has 2 aromatic rings. The maximum Gasteiger partial charge on any atom is 0.174 e. The highest BCUT2D eigenvalue weighted by molar-refractivity contribution is 9.10. The molecule has 0 aliphatic rings. The second-order valence-electron chi connectivity index (χ2n) is 3.93. The lowest BCUT2D eigenvalue weighted by Crippen LogP contribution is -2.21. The molecular weight excluding hydrogens is 330 g/mol. The van der Waals surface area contributed by atoms with E-state index in [1.165, 1.54) is 17.1 Å². The van der Waals surface area contributed by atoms with Crippen molar-refractivity contribution in [1.29, 1.82) is 0 Å². The highest BCUT2D eigenvalue weighted by Gasteiger charge is 2.07. The van der Waals surface area contributed by atoms with E-state index in [2.05, 4.69) is 50.4 Å². The Balaban J connectivity index is 2.09. The predicted octanol–water partition coefficient (Wildman–Crippen LogP) is 3.73. The lowest BCUT2D eigenvalue weighted by Gasteiger charge is -2.11. The molecule has 1 aromatic heterocycles. The number of hydrogen-bond donors (Lipinski definition) is 1. The molecule has 0 fully saturated rings. The van der Waals surface area contributed by atoms with Crippen LogP contribution in [-0.4, -0.2) is 15.4 Å². The van der Waals surface area contributed by atoms with Crippen molar-refractivity contribution in [2.45, 2.75) is 35.0 Å². The third-order valence-electron chi connectivity index (χ3n) is 2.58. The van der Waals surface area contributed by atoms with Crippen molar-refractivity contribution in [2.75, 3.05) is 0 Å². The fourth-order valence-corrected chi connectivity index (χ4v) is 3.64. The first-order valence-corrected chi connectivity index (χ1v) is 8.06. The summed E-state index contributed by atoms with van der Waals surface area (Å²) >= 11 is 6.64. The number of aromatic nitrogens is 2. The van der Waals surface area contributed by atoms with E-state index in [-0.39, 0.29) is 6.04 Å². The van der Waals surface area contributed by atoms with Gasteiger partial charge in [0.2, 0.25) is 0 Å². The van der Waals surface area contributed by atoms with Gasteiger partial charge >= 0.3 is 0 Å². The Kier molecular flexibility index (Phi) is 5.17. The summed E-state index contributed by atoms with van der Waals surface area (Å²) in [5.74, 6) is 0. The van der Waals surface area contributed by atoms with Crippen molar-refractivity contribution in [3.05, 3.63) is 34.6 Å². The van der Waals surface area contributed by atoms with Crippen molar-refractivity contribution < 1.29 is 0 Å². The van der Waals surface area contributed by atoms with Gasteiger partial charge in [0.25, 0.3) is 0 Å². The fraction of sp³-hybridized carbons (Fsp3) is 0.333. The molecule has 1 unspecified atom stereocenters. The minimum atomic E-state index is 0.225. The van der Waals surface area contributed by atoms with Gasteiger partial charge in [-0.3, -0.25) is 0 Å². The standard InChI is InChI=1S/C12H14BrN3S2/c1-2-9(14)5-8-3-4-10(6-11(8)13)17-12-15-7-16-18-12/h3-4,6-7,9H,2,5,14H2,1H3. The Morgan fingerprint density at radius 1 is 1.50 bits per heavy atom. The van der Waals surface area contributed by atoms with Gasteiger partial charge in [-0.1, -0.05) is 40.7 Å². The number of nitrogens with zero attached hydrogens (tertiary/aromatic N) is 2. The van der Waals surface area contributed by atoms with E-state index < -0.39 is 0 Å². The van der Waals surface area contributed by atoms with E-state index in [0.717, 1.165) is 26.5 Å². The molecule has 0 aliphatic carbocycles. The molecule has 0 aliphatic heterocycles. The van der Waals surface area contributed by atoms with Crippen LogP contribution >= 0.6 is 39.2 Å². The maximum absolute atomic E-state index is 5.98. The Bertz CT molecular complexity index is 502. The van der Waals surface area contributed by atoms with Gasteiger partial charge in [-0.2, -0.15) is 4.37 Å². The van der Waals surface area contributed by atoms with Crippen LogP contribution in [0.15, 0.2) is 38.2 Å². The Morgan fingerprint density at radius 2 is 2.33 bits per heavy atom. The monoisotopic (exact) mass is 343 g/mol. The predicted molar refractivity (Wildman–Crippen MR) is 80.1 cm³/mol. The first-order valence-electron chi connectivity index (χ1n) is 5.67. The molecule has 0 radical (unpaired) electrons. The summed E-state index contributed by atoms with van der Waals surface area (Å²) in [6.45, 7) is 2.11. The third kappa shape index (κ3) is 3.78. The smallest absolute Gasteiger partial charge is 0.174 e. The molecular formula is C12H14BrN3S2. The van der Waals surface area contributed by atoms with Gasteiger partial charge in [0, 0.05) is 15.4 Å². The number of nitrogens with two attached hydrogens (primary N) is 1. The van der Waals surface area contributed by atoms with Crippen molar-refractivity contribution in [3.63, 3.8) is 0 Å². The van der Waals surface area contributed by atoms with Crippen LogP contribution in [0.3, 0.4) is 0 Å². The average Bonchev–Trinajstić information content (AvgIpc) is 2.85. The van der Waals surface area contributed by atoms with Crippen molar-refractivity contribution >= 4 is 39.2 Å². The van der Waals surface area contributed by atoms with Crippen LogP contribution in [0, 0.1) is 0 Å². The summed E-state index contributed by atoms with van der Waals surface area (Å²) in [6.07, 6.45) is 3.48. The minimum absolute atomic E-state index is 0.225. The summed E-state index contributed by atoms with van der Waals surface area (Å²) in [6, 6.07) is 6.57. The van der Waals surface area contributed by atoms with Gasteiger partial charge < -0.3 is 5.73 Å². The van der Waals surface area contributed by atoms with Gasteiger partial charge in [-0.05, 0) is 42.1 Å². The lowest BCUT2D eigenvalue weighted by molar-refractivity contribution is 0.645. The lowest BCUT2D eigenvalue weighted by atomic mass is 10.1. The van der Waals surface area contributed by atoms with Gasteiger partial charge in [-0.15, -0.1) is 0 Å². The molecule has 0 bridgehead atoms. The molecule has 0 saturated carbocycles. The minimum Gasteiger partial charge on any atom is -0.327 e. The van der Waals surface area contributed by atoms with Crippen LogP contribution in [0.25, 0.3) is 0 Å². The van der Waals surface area contributed by atoms with Crippen LogP contribution in [0.4, 0.5) is 0 Å². The van der Waals surface area contributed by atoms with E-state index in [0.29, 0.717) is 0 Å². The molecule has 2 N–H and O–H groups in total. The highest BCUT2D eigenvalue weighted by atomic mass is 79.9. The van der Waals surface area contributed by atoms with Crippen LogP contribution in [-0.2, 0) is 6.42 Å². The van der Waals surface area contributed by atoms with Gasteiger partial charge in [0.05, 0.1) is 0 Å². The summed E-state index contributed by atoms with van der Waals surface area (Å²) < 4.78 is 6.06. The van der Waals surface area contributed by atoms with E-state index in [9.17, 15) is 0 Å². The summed E-state index contributed by atoms with van der Waals surface area (Å²) in [5.41, 5.74) is 7.23. The molecule has 6 heteroatoms. The molecule has 1 aromatic carbocycles. The molecule has 0 spiro atoms. The second kappa shape index (κ2) is 6.65. The number of hydrogen-bond acceptors (Lipinski definition) is 5. The van der Waals surface area contributed by atoms with Crippen molar-refractivity contribution in [1.82, 2.24) is 9.36 Å². The van der Waals surface area contributed by atoms with Crippen LogP contribution in [0.1, 0.15) is 18.9 Å². The SMILES string of the molecule is CCC(N)Cc1ccc(Sc2ncns2)cc1Br. The van der Waals surface area contributed by atoms with Crippen molar-refractivity contribution in [2.24, 2.45) is 5.73 Å². The van der Waals surface area contributed by atoms with E-state index in [1.54, 1.807) is 18.1 Å². The summed E-state index contributed by atoms with van der Waals surface area (Å²) in [7, 11) is 0. The zero-order chi connectivity index (χ0) is 13.0. The van der Waals surface area contributed by atoms with E-state index >= 15 is 0 Å². The van der Waals surface area contributed by atoms with Gasteiger partial charge in [0.15, 0.2) is 4.34 Å². The zero-order valence-electron chi connectivity index (χ0n) is 9.97. The fourth-order valence-electron chi connectivity index (χ4n) is 1.49. The number of rotatable bonds is 5. The first kappa shape index (κ1) is 14.0. The molecule has 1 heterocycles. The third-order valence-corrected chi connectivity index (χ3v) is 5.02. The highest BCUT2D eigenvalue weighted by Crippen LogP contribution is 2.31. The Hall–Kier alpha value is -0.430. The largest absolute Gasteiger partial charge is 0.327 e. The molecule has 0 saturated heterocycles. The summed E-state index contributed by atoms with van der Waals surface area (Å²) in [5, 5.41) is 0. The van der Waals surface area contributed by atoms with Crippen LogP contribution in [0.2, 0.25) is 0 Å². The van der Waals surface area contributed by atoms with Gasteiger partial charge in [0.1, 0.15) is 6.33 Å². The van der Waals surface area contributed by atoms with Crippen molar-refractivity contribution in [3.8, 4) is 0 Å². The molecule has 18 heavy (non-hydrogen) atoms. The van der Waals surface area contributed by atoms with Crippen LogP contribution in [0.5, 0.6) is 0 Å². The van der Waals surface area contributed by atoms with Gasteiger partial charge in [-0.25, -0.2) is 4.98 Å². The second-order valence-corrected chi connectivity index (χ2v) is 6.89. The zero-order valence-corrected chi connectivity index (χ0v) is 13.2. The topological polar surface area (TPSA) is 51.8 Å². The normalized spacial score (nSPS) is 12.6. The van der Waals surface area contributed by atoms with E-state index in [4.69, 9.17) is 5.73 Å². The molecule has 96 valence electrons. The molecule has 2 rings (SSSR count). The Labute approximate surface area is 123 Å². The maximum atomic E-state index is 5.98. The van der Waals surface area contributed by atoms with E-state index in [1.807, 2.05) is 0 Å². The first-order chi connectivity index (χ1) is 8.69. The molecule has 0 amide bonds. The van der Waals surface area contributed by atoms with Crippen LogP contribution < -0.4 is 5.73 Å². The Morgan fingerprint density at radius 3 is 2.94 bits per heavy atom. The number of benzene rings is 1. The summed E-state index contributed by atoms with van der Waals surface area (Å²) in [4.78, 5) is 5.32. The average molecular weight is 344 g/mol. The number of halogens is 1. The molecule has 1 atom stereocenters. The quantitative estimate of drug-likeness (QED) is 0.898. The molecule has 3 nitrogen and oxygen atoms in total.